The van der Waals surface area contributed by atoms with Crippen molar-refractivity contribution in [1.82, 2.24) is 0 Å². The van der Waals surface area contributed by atoms with E-state index in [0.717, 1.165) is 0 Å². The highest BCUT2D eigenvalue weighted by Gasteiger charge is 2.58. The monoisotopic (exact) mass is 201 g/mol. The van der Waals surface area contributed by atoms with Crippen LogP contribution in [0.4, 0.5) is 26.1 Å². The number of halogens is 6. The molecule has 0 saturated heterocycles. The largest absolute Gasteiger partial charge is 0.616 e. The van der Waals surface area contributed by atoms with Gasteiger partial charge in [-0.15, -0.1) is 0 Å². The van der Waals surface area contributed by atoms with Gasteiger partial charge in [-0.3, -0.25) is 8.42 Å². The summed E-state index contributed by atoms with van der Waals surface area (Å²) in [5, 5.41) is 0. The van der Waals surface area contributed by atoms with Crippen molar-refractivity contribution in [1.29, 1.82) is 0 Å². The van der Waals surface area contributed by atoms with Gasteiger partial charge < -0.3 is 12.9 Å². The second-order valence-corrected chi connectivity index (χ2v) is 3.59. The van der Waals surface area contributed by atoms with E-state index in [1.165, 1.54) is 0 Å². The Hall–Kier alpha value is -0.405. The molecule has 2 nitrogen and oxygen atoms in total. The summed E-state index contributed by atoms with van der Waals surface area (Å²) < 4.78 is 85.3. The van der Waals surface area contributed by atoms with Gasteiger partial charge in [-0.1, -0.05) is 0 Å². The topological polar surface area (TPSA) is 34.1 Å². The Labute approximate surface area is 57.1 Å². The molecule has 0 bridgehead atoms. The fourth-order valence-corrected chi connectivity index (χ4v) is 0.455. The fourth-order valence-electron chi connectivity index (χ4n) is 0.152. The first-order valence-electron chi connectivity index (χ1n) is 1.99. The minimum Gasteiger partial charge on any atom is -0.436 e. The molecule has 0 aliphatic rings. The normalized spacial score (nSPS) is 15.1. The molecule has 0 rings (SSSR count). The second-order valence-electron chi connectivity index (χ2n) is 1.51. The number of rotatable bonds is 1. The summed E-state index contributed by atoms with van der Waals surface area (Å²) in [5.74, 6) is 0. The smallest absolute Gasteiger partial charge is 0.436 e. The molecule has 0 aromatic heterocycles. The Morgan fingerprint density at radius 1 is 1.00 bits per heavy atom. The Morgan fingerprint density at radius 3 is 1.27 bits per heavy atom. The highest BCUT2D eigenvalue weighted by Crippen LogP contribution is 2.33. The molecule has 0 aromatic carbocycles. The van der Waals surface area contributed by atoms with Gasteiger partial charge in [0.25, 0.3) is 0 Å². The van der Waals surface area contributed by atoms with Gasteiger partial charge in [-0.25, -0.2) is 0 Å². The summed E-state index contributed by atoms with van der Waals surface area (Å²) in [4.78, 5) is 0. The third-order valence-electron chi connectivity index (χ3n) is 0.674. The molecule has 0 atom stereocenters. The van der Waals surface area contributed by atoms with E-state index in [9.17, 15) is 34.5 Å². The molecule has 0 aliphatic carbocycles. The summed E-state index contributed by atoms with van der Waals surface area (Å²) in [5.41, 5.74) is -6.24. The highest BCUT2D eigenvalue weighted by atomic mass is 32.2. The van der Waals surface area contributed by atoms with E-state index in [2.05, 4.69) is 0 Å². The zero-order valence-corrected chi connectivity index (χ0v) is 5.39. The summed E-state index contributed by atoms with van der Waals surface area (Å²) in [6.07, 6.45) is -6.90. The third-order valence-corrected chi connectivity index (χ3v) is 2.02. The first kappa shape index (κ1) is 10.6. The minimum atomic E-state index is -6.95. The first-order valence-corrected chi connectivity index (χ1v) is 3.54. The van der Waals surface area contributed by atoms with Crippen molar-refractivity contribution < 1.29 is 34.5 Å². The van der Waals surface area contributed by atoms with Gasteiger partial charge >= 0.3 is 11.8 Å². The summed E-state index contributed by atoms with van der Waals surface area (Å²) in [6.45, 7) is 0. The van der Waals surface area contributed by atoms with E-state index >= 15 is 0 Å². The Bertz CT molecular complexity index is 212. The van der Waals surface area contributed by atoms with E-state index in [-0.39, 0.29) is 0 Å². The van der Waals surface area contributed by atoms with Gasteiger partial charge in [0.05, 0.1) is 0 Å². The van der Waals surface area contributed by atoms with Gasteiger partial charge in [0.15, 0.2) is 0 Å². The molecular formula is CBF6O2S-. The zero-order valence-electron chi connectivity index (χ0n) is 4.57. The Morgan fingerprint density at radius 2 is 1.27 bits per heavy atom. The van der Waals surface area contributed by atoms with Crippen LogP contribution in [-0.4, -0.2) is 20.2 Å². The maximum absolute atomic E-state index is 11.1. The second kappa shape index (κ2) is 2.29. The third kappa shape index (κ3) is 1.79. The molecule has 0 heterocycles. The van der Waals surface area contributed by atoms with Crippen LogP contribution in [0.25, 0.3) is 0 Å². The summed E-state index contributed by atoms with van der Waals surface area (Å²) in [6, 6.07) is 0. The lowest BCUT2D eigenvalue weighted by Gasteiger charge is -2.16. The molecule has 68 valence electrons. The number of hydrogen-bond acceptors (Lipinski definition) is 2. The van der Waals surface area contributed by atoms with Crippen LogP contribution < -0.4 is 0 Å². The van der Waals surface area contributed by atoms with E-state index in [0.29, 0.717) is 0 Å². The van der Waals surface area contributed by atoms with E-state index in [1.54, 1.807) is 0 Å². The van der Waals surface area contributed by atoms with Crippen LogP contribution in [0.15, 0.2) is 0 Å². The van der Waals surface area contributed by atoms with Crippen molar-refractivity contribution in [2.45, 2.75) is 5.51 Å². The quantitative estimate of drug-likeness (QED) is 0.472. The predicted molar refractivity (Wildman–Crippen MR) is 24.1 cm³/mol. The molecule has 11 heavy (non-hydrogen) atoms. The van der Waals surface area contributed by atoms with Gasteiger partial charge in [0.2, 0.25) is 9.69 Å². The molecule has 0 radical (unpaired) electrons. The van der Waals surface area contributed by atoms with E-state index in [1.807, 2.05) is 0 Å². The van der Waals surface area contributed by atoms with Crippen molar-refractivity contribution in [3.8, 4) is 0 Å². The van der Waals surface area contributed by atoms with Crippen LogP contribution in [0.1, 0.15) is 0 Å². The van der Waals surface area contributed by atoms with Crippen LogP contribution in [0.5, 0.6) is 0 Å². The molecule has 0 saturated carbocycles. The minimum absolute atomic E-state index is 6.24. The molecule has 0 spiro atoms. The zero-order chi connectivity index (χ0) is 9.50. The number of alkyl halides is 3. The lowest BCUT2D eigenvalue weighted by Crippen LogP contribution is -2.40. The Kier molecular flexibility index (Phi) is 2.21. The highest BCUT2D eigenvalue weighted by molar-refractivity contribution is 8.20. The molecule has 0 fully saturated rings. The molecule has 0 N–H and O–H groups in total. The van der Waals surface area contributed by atoms with Gasteiger partial charge in [-0.2, -0.15) is 13.2 Å². The number of hydrogen-bond donors (Lipinski definition) is 0. The lowest BCUT2D eigenvalue weighted by molar-refractivity contribution is -0.0424. The van der Waals surface area contributed by atoms with Crippen LogP contribution >= 0.6 is 0 Å². The van der Waals surface area contributed by atoms with Crippen molar-refractivity contribution in [2.75, 3.05) is 0 Å². The van der Waals surface area contributed by atoms with Crippen molar-refractivity contribution in [2.24, 2.45) is 0 Å². The predicted octanol–water partition coefficient (Wildman–Crippen LogP) is 1.27. The van der Waals surface area contributed by atoms with Gasteiger partial charge in [0, 0.05) is 0 Å². The maximum atomic E-state index is 11.1. The van der Waals surface area contributed by atoms with Gasteiger partial charge in [-0.05, 0) is 0 Å². The molecule has 0 amide bonds. The van der Waals surface area contributed by atoms with Crippen molar-refractivity contribution >= 4 is 15.9 Å². The molecule has 0 unspecified atom stereocenters. The van der Waals surface area contributed by atoms with Crippen molar-refractivity contribution in [3.05, 3.63) is 0 Å². The molecule has 0 aliphatic heterocycles. The van der Waals surface area contributed by atoms with Crippen molar-refractivity contribution in [3.63, 3.8) is 0 Å². The van der Waals surface area contributed by atoms with E-state index < -0.39 is 21.5 Å². The summed E-state index contributed by atoms with van der Waals surface area (Å²) in [7, 11) is -6.95. The maximum Gasteiger partial charge on any atom is 0.616 e. The van der Waals surface area contributed by atoms with Crippen LogP contribution in [-0.2, 0) is 9.69 Å². The molecule has 0 aromatic rings. The SMILES string of the molecule is O=S(=O)([B-](F)(F)F)C(F)(F)F. The Balaban J connectivity index is 5.11. The lowest BCUT2D eigenvalue weighted by atomic mass is 10.4. The summed E-state index contributed by atoms with van der Waals surface area (Å²) >= 11 is 0. The van der Waals surface area contributed by atoms with E-state index in [4.69, 9.17) is 0 Å². The molecule has 10 heteroatoms. The first-order chi connectivity index (χ1) is 4.50. The molecular weight excluding hydrogens is 201 g/mol. The average Bonchev–Trinajstić information content (AvgIpc) is 1.58. The van der Waals surface area contributed by atoms with Crippen LogP contribution in [0.2, 0.25) is 0 Å². The fraction of sp³-hybridized carbons (Fsp3) is 1.00. The van der Waals surface area contributed by atoms with Gasteiger partial charge in [0.1, 0.15) is 0 Å². The van der Waals surface area contributed by atoms with Crippen LogP contribution in [0.3, 0.4) is 0 Å². The average molecular weight is 201 g/mol. The van der Waals surface area contributed by atoms with Crippen LogP contribution in [0, 0.1) is 0 Å². The standard InChI is InChI=1S/CBF6O2S/c3-1(4,5)11(9,10)2(6,7)8/q-1.